The molecule has 4 heteroatoms. The summed E-state index contributed by atoms with van der Waals surface area (Å²) < 4.78 is 0. The van der Waals surface area contributed by atoms with E-state index in [0.29, 0.717) is 0 Å². The number of fused-ring (bicyclic) bond motifs is 2. The van der Waals surface area contributed by atoms with Crippen molar-refractivity contribution in [1.29, 1.82) is 10.5 Å². The molecule has 0 radical (unpaired) electrons. The van der Waals surface area contributed by atoms with Crippen molar-refractivity contribution in [1.82, 2.24) is 0 Å². The van der Waals surface area contributed by atoms with Crippen molar-refractivity contribution in [2.24, 2.45) is 0 Å². The van der Waals surface area contributed by atoms with Gasteiger partial charge in [-0.25, -0.2) is 0 Å². The average Bonchev–Trinajstić information content (AvgIpc) is 3.11. The second kappa shape index (κ2) is 7.80. The molecule has 0 spiro atoms. The number of anilines is 1. The van der Waals surface area contributed by atoms with E-state index in [1.807, 2.05) is 18.2 Å². The van der Waals surface area contributed by atoms with Crippen molar-refractivity contribution in [3.63, 3.8) is 0 Å². The highest BCUT2D eigenvalue weighted by Crippen LogP contribution is 2.46. The van der Waals surface area contributed by atoms with Crippen LogP contribution in [0, 0.1) is 22.7 Å². The molecular weight excluding hydrogens is 362 g/mol. The van der Waals surface area contributed by atoms with Crippen molar-refractivity contribution in [2.45, 2.75) is 24.7 Å². The Hall–Kier alpha value is -3.21. The van der Waals surface area contributed by atoms with E-state index in [1.165, 1.54) is 21.2 Å². The Morgan fingerprint density at radius 2 is 1.79 bits per heavy atom. The topological polar surface area (TPSA) is 50.8 Å². The molecule has 0 amide bonds. The number of nitriles is 2. The van der Waals surface area contributed by atoms with Crippen LogP contribution < -0.4 is 4.90 Å². The van der Waals surface area contributed by atoms with E-state index in [9.17, 15) is 10.5 Å². The van der Waals surface area contributed by atoms with Gasteiger partial charge in [0.15, 0.2) is 0 Å². The van der Waals surface area contributed by atoms with Crippen LogP contribution >= 0.6 is 11.8 Å². The second-order valence-electron chi connectivity index (χ2n) is 6.64. The zero-order valence-electron chi connectivity index (χ0n) is 15.6. The molecule has 0 atom stereocenters. The standard InChI is InChI=1S/C24H19N3S/c1-2-27-21-9-5-6-10-22(21)28-23(27)14-13-18-12-11-17-7-3-4-8-20(17)24(18)19(15-25)16-26/h3-10,13-14H,2,11-12H2,1H3. The lowest BCUT2D eigenvalue weighted by atomic mass is 9.81. The molecule has 0 N–H and O–H groups in total. The number of hydrogen-bond acceptors (Lipinski definition) is 4. The van der Waals surface area contributed by atoms with Gasteiger partial charge in [-0.2, -0.15) is 10.5 Å². The predicted octanol–water partition coefficient (Wildman–Crippen LogP) is 5.83. The van der Waals surface area contributed by atoms with Crippen molar-refractivity contribution in [2.75, 3.05) is 11.4 Å². The Morgan fingerprint density at radius 1 is 1.04 bits per heavy atom. The zero-order chi connectivity index (χ0) is 19.5. The molecule has 2 aliphatic rings. The average molecular weight is 382 g/mol. The second-order valence-corrected chi connectivity index (χ2v) is 7.70. The van der Waals surface area contributed by atoms with E-state index in [4.69, 9.17) is 0 Å². The number of nitrogens with zero attached hydrogens (tertiary/aromatic N) is 3. The van der Waals surface area contributed by atoms with Crippen LogP contribution in [0.5, 0.6) is 0 Å². The van der Waals surface area contributed by atoms with Gasteiger partial charge in [0.25, 0.3) is 0 Å². The van der Waals surface area contributed by atoms with Crippen LogP contribution in [-0.4, -0.2) is 6.54 Å². The first-order chi connectivity index (χ1) is 13.8. The number of hydrogen-bond donors (Lipinski definition) is 0. The maximum atomic E-state index is 9.51. The van der Waals surface area contributed by atoms with Crippen molar-refractivity contribution in [3.8, 4) is 12.1 Å². The molecule has 4 rings (SSSR count). The lowest BCUT2D eigenvalue weighted by molar-refractivity contribution is 0.937. The first kappa shape index (κ1) is 18.2. The van der Waals surface area contributed by atoms with E-state index >= 15 is 0 Å². The van der Waals surface area contributed by atoms with Crippen molar-refractivity contribution >= 4 is 23.0 Å². The molecule has 0 saturated heterocycles. The van der Waals surface area contributed by atoms with Crippen LogP contribution in [0.15, 0.2) is 81.8 Å². The number of para-hydroxylation sites is 1. The maximum absolute atomic E-state index is 9.51. The summed E-state index contributed by atoms with van der Waals surface area (Å²) in [6.45, 7) is 3.04. The summed E-state index contributed by atoms with van der Waals surface area (Å²) in [6.07, 6.45) is 5.97. The molecule has 0 aromatic heterocycles. The molecule has 1 heterocycles. The normalized spacial score (nSPS) is 17.8. The number of rotatable bonds is 2. The van der Waals surface area contributed by atoms with Gasteiger partial charge in [-0.15, -0.1) is 0 Å². The fourth-order valence-corrected chi connectivity index (χ4v) is 4.95. The molecule has 2 aromatic carbocycles. The van der Waals surface area contributed by atoms with E-state index in [-0.39, 0.29) is 5.57 Å². The highest BCUT2D eigenvalue weighted by Gasteiger charge is 2.24. The molecule has 0 bridgehead atoms. The van der Waals surface area contributed by atoms with Crippen LogP contribution in [-0.2, 0) is 6.42 Å². The first-order valence-electron chi connectivity index (χ1n) is 9.35. The summed E-state index contributed by atoms with van der Waals surface area (Å²) in [4.78, 5) is 3.56. The highest BCUT2D eigenvalue weighted by atomic mass is 32.2. The SMILES string of the molecule is CCN1C(=CC=C2CCc3ccccc3C2=C(C#N)C#N)Sc2ccccc21. The molecule has 0 fully saturated rings. The molecular formula is C24H19N3S. The van der Waals surface area contributed by atoms with Crippen molar-refractivity contribution in [3.05, 3.63) is 88.0 Å². The Bertz CT molecular complexity index is 1090. The minimum atomic E-state index is 0.187. The lowest BCUT2D eigenvalue weighted by Crippen LogP contribution is -2.16. The van der Waals surface area contributed by atoms with E-state index < -0.39 is 0 Å². The van der Waals surface area contributed by atoms with Gasteiger partial charge in [0.2, 0.25) is 0 Å². The van der Waals surface area contributed by atoms with Gasteiger partial charge in [-0.05, 0) is 54.7 Å². The fraction of sp³-hybridized carbons (Fsp3) is 0.167. The molecule has 3 nitrogen and oxygen atoms in total. The summed E-state index contributed by atoms with van der Waals surface area (Å²) in [7, 11) is 0. The van der Waals surface area contributed by atoms with Crippen LogP contribution in [0.25, 0.3) is 5.57 Å². The largest absolute Gasteiger partial charge is 0.335 e. The monoisotopic (exact) mass is 381 g/mol. The Balaban J connectivity index is 1.78. The third-order valence-electron chi connectivity index (χ3n) is 5.13. The van der Waals surface area contributed by atoms with Gasteiger partial charge in [-0.3, -0.25) is 0 Å². The van der Waals surface area contributed by atoms with E-state index in [0.717, 1.165) is 36.1 Å². The molecule has 2 aromatic rings. The van der Waals surface area contributed by atoms with Crippen LogP contribution in [0.2, 0.25) is 0 Å². The summed E-state index contributed by atoms with van der Waals surface area (Å²) in [5.74, 6) is 0. The molecule has 1 aliphatic heterocycles. The molecule has 1 aliphatic carbocycles. The van der Waals surface area contributed by atoms with Crippen LogP contribution in [0.3, 0.4) is 0 Å². The Labute approximate surface area is 169 Å². The minimum absolute atomic E-state index is 0.187. The smallest absolute Gasteiger partial charge is 0.137 e. The molecule has 28 heavy (non-hydrogen) atoms. The molecule has 136 valence electrons. The van der Waals surface area contributed by atoms with Crippen LogP contribution in [0.1, 0.15) is 24.5 Å². The molecule has 0 saturated carbocycles. The quantitative estimate of drug-likeness (QED) is 0.614. The van der Waals surface area contributed by atoms with Gasteiger partial charge >= 0.3 is 0 Å². The summed E-state index contributed by atoms with van der Waals surface area (Å²) in [6, 6.07) is 20.7. The maximum Gasteiger partial charge on any atom is 0.137 e. The number of thioether (sulfide) groups is 1. The summed E-state index contributed by atoms with van der Waals surface area (Å²) in [5.41, 5.74) is 5.46. The van der Waals surface area contributed by atoms with Gasteiger partial charge in [-0.1, -0.05) is 54.2 Å². The summed E-state index contributed by atoms with van der Waals surface area (Å²) in [5, 5.41) is 20.2. The third-order valence-corrected chi connectivity index (χ3v) is 6.26. The molecule has 0 unspecified atom stereocenters. The summed E-state index contributed by atoms with van der Waals surface area (Å²) >= 11 is 1.76. The number of benzene rings is 2. The number of aryl methyl sites for hydroxylation is 1. The zero-order valence-corrected chi connectivity index (χ0v) is 16.5. The predicted molar refractivity (Wildman–Crippen MR) is 114 cm³/mol. The van der Waals surface area contributed by atoms with Gasteiger partial charge < -0.3 is 4.90 Å². The first-order valence-corrected chi connectivity index (χ1v) is 10.2. The van der Waals surface area contributed by atoms with Gasteiger partial charge in [0, 0.05) is 17.0 Å². The fourth-order valence-electron chi connectivity index (χ4n) is 3.82. The van der Waals surface area contributed by atoms with Gasteiger partial charge in [0.05, 0.1) is 10.7 Å². The van der Waals surface area contributed by atoms with Crippen molar-refractivity contribution < 1.29 is 0 Å². The Kier molecular flexibility index (Phi) is 5.06. The van der Waals surface area contributed by atoms with Gasteiger partial charge in [0.1, 0.15) is 17.7 Å². The highest BCUT2D eigenvalue weighted by molar-refractivity contribution is 8.03. The van der Waals surface area contributed by atoms with Crippen LogP contribution in [0.4, 0.5) is 5.69 Å². The van der Waals surface area contributed by atoms with E-state index in [1.54, 1.807) is 11.8 Å². The van der Waals surface area contributed by atoms with E-state index in [2.05, 4.69) is 66.4 Å². The number of allylic oxidation sites excluding steroid dienone is 5. The third kappa shape index (κ3) is 3.13. The minimum Gasteiger partial charge on any atom is -0.335 e. The Morgan fingerprint density at radius 3 is 2.57 bits per heavy atom. The lowest BCUT2D eigenvalue weighted by Gasteiger charge is -2.22.